The summed E-state index contributed by atoms with van der Waals surface area (Å²) in [6, 6.07) is 31.4. The Morgan fingerprint density at radius 1 is 0.722 bits per heavy atom. The lowest BCUT2D eigenvalue weighted by Gasteiger charge is -2.31. The molecule has 5 nitrogen and oxygen atoms in total. The van der Waals surface area contributed by atoms with Gasteiger partial charge in [-0.1, -0.05) is 60.7 Å². The number of hydrogen-bond acceptors (Lipinski definition) is 5. The molecule has 0 aromatic heterocycles. The minimum Gasteiger partial charge on any atom is -0.508 e. The maximum Gasteiger partial charge on any atom is 0.340 e. The number of fused-ring (bicyclic) bond motifs is 1. The number of cyclic esters (lactones) is 1. The molecule has 4 aromatic rings. The first-order valence-corrected chi connectivity index (χ1v) is 12.9. The van der Waals surface area contributed by atoms with E-state index >= 15 is 0 Å². The standard InChI is InChI=1S/C30H27O5P/c1-29(2,3)36(34-24-9-5-4-6-10-24)35-25-19-15-22(16-20-25)30(21-13-17-23(31)18-14-21)27-12-8-7-11-26(27)28(32)33-30/h4-20,31H,1-3H3. The van der Waals surface area contributed by atoms with Gasteiger partial charge in [-0.25, -0.2) is 4.79 Å². The zero-order chi connectivity index (χ0) is 25.3. The molecule has 1 heterocycles. The number of aromatic hydroxyl groups is 1. The van der Waals surface area contributed by atoms with Crippen molar-refractivity contribution in [3.8, 4) is 17.2 Å². The normalized spacial score (nSPS) is 17.7. The van der Waals surface area contributed by atoms with Crippen molar-refractivity contribution in [3.63, 3.8) is 0 Å². The Kier molecular flexibility index (Phi) is 6.19. The number of ether oxygens (including phenoxy) is 1. The van der Waals surface area contributed by atoms with Crippen LogP contribution in [0.25, 0.3) is 0 Å². The van der Waals surface area contributed by atoms with E-state index in [4.69, 9.17) is 13.8 Å². The van der Waals surface area contributed by atoms with Crippen LogP contribution in [0.5, 0.6) is 17.2 Å². The van der Waals surface area contributed by atoms with Crippen LogP contribution in [0.15, 0.2) is 103 Å². The first-order chi connectivity index (χ1) is 17.3. The van der Waals surface area contributed by atoms with Crippen LogP contribution in [-0.2, 0) is 10.3 Å². The molecule has 2 unspecified atom stereocenters. The van der Waals surface area contributed by atoms with Crippen LogP contribution in [0, 0.1) is 0 Å². The highest BCUT2D eigenvalue weighted by Crippen LogP contribution is 2.52. The molecule has 1 aliphatic heterocycles. The predicted molar refractivity (Wildman–Crippen MR) is 141 cm³/mol. The van der Waals surface area contributed by atoms with Gasteiger partial charge in [0, 0.05) is 16.7 Å². The Morgan fingerprint density at radius 3 is 1.86 bits per heavy atom. The number of esters is 1. The second-order valence-corrected chi connectivity index (χ2v) is 11.8. The number of hydrogen-bond donors (Lipinski definition) is 1. The summed E-state index contributed by atoms with van der Waals surface area (Å²) >= 11 is 0. The molecule has 182 valence electrons. The molecule has 5 rings (SSSR count). The lowest BCUT2D eigenvalue weighted by molar-refractivity contribution is 0.0251. The molecule has 0 saturated heterocycles. The van der Waals surface area contributed by atoms with Gasteiger partial charge < -0.3 is 18.9 Å². The first-order valence-electron chi connectivity index (χ1n) is 11.7. The van der Waals surface area contributed by atoms with Gasteiger partial charge in [0.05, 0.1) is 10.7 Å². The van der Waals surface area contributed by atoms with E-state index < -0.39 is 14.0 Å². The van der Waals surface area contributed by atoms with Crippen molar-refractivity contribution in [2.75, 3.05) is 0 Å². The summed E-state index contributed by atoms with van der Waals surface area (Å²) in [4.78, 5) is 12.9. The molecule has 0 fully saturated rings. The third-order valence-electron chi connectivity index (χ3n) is 5.97. The molecular formula is C30H27O5P. The van der Waals surface area contributed by atoms with Crippen molar-refractivity contribution in [2.45, 2.75) is 31.5 Å². The Bertz CT molecular complexity index is 1360. The summed E-state index contributed by atoms with van der Waals surface area (Å²) in [6.45, 7) is 6.26. The van der Waals surface area contributed by atoms with E-state index in [0.717, 1.165) is 22.4 Å². The molecule has 4 aromatic carbocycles. The van der Waals surface area contributed by atoms with Crippen LogP contribution in [0.4, 0.5) is 0 Å². The molecule has 1 aliphatic rings. The van der Waals surface area contributed by atoms with E-state index in [9.17, 15) is 9.90 Å². The van der Waals surface area contributed by atoms with Gasteiger partial charge in [0.25, 0.3) is 8.38 Å². The van der Waals surface area contributed by atoms with Crippen molar-refractivity contribution in [1.82, 2.24) is 0 Å². The Balaban J connectivity index is 1.51. The number of carbonyl (C=O) groups is 1. The minimum atomic E-state index is -1.30. The van der Waals surface area contributed by atoms with Gasteiger partial charge in [-0.05, 0) is 63.2 Å². The van der Waals surface area contributed by atoms with Crippen molar-refractivity contribution in [1.29, 1.82) is 0 Å². The first kappa shape index (κ1) is 23.9. The summed E-state index contributed by atoms with van der Waals surface area (Å²) in [5, 5.41) is 9.63. The number of rotatable bonds is 6. The molecule has 1 N–H and O–H groups in total. The van der Waals surface area contributed by atoms with Crippen molar-refractivity contribution >= 4 is 14.3 Å². The Morgan fingerprint density at radius 2 is 1.25 bits per heavy atom. The van der Waals surface area contributed by atoms with Crippen LogP contribution < -0.4 is 9.05 Å². The topological polar surface area (TPSA) is 65.0 Å². The minimum absolute atomic E-state index is 0.143. The van der Waals surface area contributed by atoms with Crippen molar-refractivity contribution < 1.29 is 23.7 Å². The molecule has 36 heavy (non-hydrogen) atoms. The third-order valence-corrected chi connectivity index (χ3v) is 7.82. The molecule has 0 spiro atoms. The second kappa shape index (κ2) is 9.33. The summed E-state index contributed by atoms with van der Waals surface area (Å²) in [6.07, 6.45) is 0. The smallest absolute Gasteiger partial charge is 0.340 e. The maximum absolute atomic E-state index is 12.9. The van der Waals surface area contributed by atoms with Crippen LogP contribution in [0.3, 0.4) is 0 Å². The number of benzene rings is 4. The van der Waals surface area contributed by atoms with Gasteiger partial charge in [0.15, 0.2) is 5.60 Å². The van der Waals surface area contributed by atoms with Gasteiger partial charge in [-0.3, -0.25) is 0 Å². The van der Waals surface area contributed by atoms with Crippen LogP contribution in [0.2, 0.25) is 0 Å². The van der Waals surface area contributed by atoms with Crippen LogP contribution >= 0.6 is 8.38 Å². The fraction of sp³-hybridized carbons (Fsp3) is 0.167. The lowest BCUT2D eigenvalue weighted by Crippen LogP contribution is -2.29. The van der Waals surface area contributed by atoms with Gasteiger partial charge in [-0.2, -0.15) is 0 Å². The van der Waals surface area contributed by atoms with Crippen molar-refractivity contribution in [2.24, 2.45) is 0 Å². The number of para-hydroxylation sites is 1. The van der Waals surface area contributed by atoms with Gasteiger partial charge >= 0.3 is 5.97 Å². The quantitative estimate of drug-likeness (QED) is 0.221. The maximum atomic E-state index is 12.9. The molecular weight excluding hydrogens is 471 g/mol. The fourth-order valence-electron chi connectivity index (χ4n) is 4.22. The van der Waals surface area contributed by atoms with E-state index in [1.807, 2.05) is 72.8 Å². The van der Waals surface area contributed by atoms with Gasteiger partial charge in [0.2, 0.25) is 0 Å². The zero-order valence-electron chi connectivity index (χ0n) is 20.3. The van der Waals surface area contributed by atoms with E-state index in [0.29, 0.717) is 11.3 Å². The van der Waals surface area contributed by atoms with E-state index in [2.05, 4.69) is 20.8 Å². The van der Waals surface area contributed by atoms with Gasteiger partial charge in [0.1, 0.15) is 17.2 Å². The van der Waals surface area contributed by atoms with Crippen LogP contribution in [0.1, 0.15) is 47.8 Å². The van der Waals surface area contributed by atoms with Crippen LogP contribution in [-0.4, -0.2) is 16.2 Å². The lowest BCUT2D eigenvalue weighted by atomic mass is 9.80. The Hall–Kier alpha value is -3.82. The summed E-state index contributed by atoms with van der Waals surface area (Å²) in [7, 11) is -1.30. The Labute approximate surface area is 212 Å². The highest BCUT2D eigenvalue weighted by molar-refractivity contribution is 7.49. The highest BCUT2D eigenvalue weighted by atomic mass is 31.2. The largest absolute Gasteiger partial charge is 0.508 e. The molecule has 0 amide bonds. The van der Waals surface area contributed by atoms with E-state index in [1.165, 1.54) is 0 Å². The fourth-order valence-corrected chi connectivity index (χ4v) is 5.44. The van der Waals surface area contributed by atoms with Crippen molar-refractivity contribution in [3.05, 3.63) is 125 Å². The molecule has 0 radical (unpaired) electrons. The monoisotopic (exact) mass is 498 g/mol. The van der Waals surface area contributed by atoms with E-state index in [1.54, 1.807) is 30.3 Å². The second-order valence-electron chi connectivity index (χ2n) is 9.61. The summed E-state index contributed by atoms with van der Waals surface area (Å²) < 4.78 is 18.7. The molecule has 2 atom stereocenters. The summed E-state index contributed by atoms with van der Waals surface area (Å²) in [5.41, 5.74) is 1.69. The third kappa shape index (κ3) is 4.43. The average Bonchev–Trinajstić information content (AvgIpc) is 3.18. The number of phenols is 1. The summed E-state index contributed by atoms with van der Waals surface area (Å²) in [5.74, 6) is 1.18. The molecule has 0 saturated carbocycles. The average molecular weight is 499 g/mol. The number of phenolic OH excluding ortho intramolecular Hbond substituents is 1. The SMILES string of the molecule is CC(C)(C)P(Oc1ccccc1)Oc1ccc(C2(c3ccc(O)cc3)OC(=O)c3ccccc32)cc1. The zero-order valence-corrected chi connectivity index (χ0v) is 21.2. The van der Waals surface area contributed by atoms with E-state index in [-0.39, 0.29) is 16.9 Å². The number of carbonyl (C=O) groups excluding carboxylic acids is 1. The van der Waals surface area contributed by atoms with Gasteiger partial charge in [-0.15, -0.1) is 0 Å². The predicted octanol–water partition coefficient (Wildman–Crippen LogP) is 7.42. The molecule has 6 heteroatoms. The molecule has 0 aliphatic carbocycles. The highest BCUT2D eigenvalue weighted by Gasteiger charge is 2.48. The molecule has 0 bridgehead atoms.